The molecule has 1 heterocycles. The molecule has 0 aliphatic rings. The van der Waals surface area contributed by atoms with Crippen LogP contribution in [0.3, 0.4) is 0 Å². The van der Waals surface area contributed by atoms with Crippen molar-refractivity contribution in [3.8, 4) is 0 Å². The van der Waals surface area contributed by atoms with Gasteiger partial charge in [-0.05, 0) is 29.7 Å². The third-order valence-corrected chi connectivity index (χ3v) is 3.13. The standard InChI is InChI=1S/C16H18N2O/c1-12(2)13-4-6-14(7-5-13)16(19)9-8-15-10-11-17-18(15)3/h4-12H,1-3H3/b9-8+. The first-order chi connectivity index (χ1) is 9.08. The van der Waals surface area contributed by atoms with Crippen molar-refractivity contribution >= 4 is 11.9 Å². The van der Waals surface area contributed by atoms with E-state index >= 15 is 0 Å². The van der Waals surface area contributed by atoms with Crippen LogP contribution in [0.2, 0.25) is 0 Å². The van der Waals surface area contributed by atoms with Gasteiger partial charge in [0.15, 0.2) is 5.78 Å². The molecule has 2 aromatic rings. The number of aromatic nitrogens is 2. The first-order valence-electron chi connectivity index (χ1n) is 6.38. The van der Waals surface area contributed by atoms with Crippen molar-refractivity contribution in [2.75, 3.05) is 0 Å². The number of nitrogens with zero attached hydrogens (tertiary/aromatic N) is 2. The fraction of sp³-hybridized carbons (Fsp3) is 0.250. The van der Waals surface area contributed by atoms with Crippen molar-refractivity contribution in [2.24, 2.45) is 7.05 Å². The zero-order chi connectivity index (χ0) is 13.8. The lowest BCUT2D eigenvalue weighted by Gasteiger charge is -2.05. The van der Waals surface area contributed by atoms with E-state index in [0.29, 0.717) is 11.5 Å². The van der Waals surface area contributed by atoms with Gasteiger partial charge in [0.05, 0.1) is 5.69 Å². The molecule has 0 saturated heterocycles. The summed E-state index contributed by atoms with van der Waals surface area (Å²) < 4.78 is 1.73. The lowest BCUT2D eigenvalue weighted by molar-refractivity contribution is 0.104. The highest BCUT2D eigenvalue weighted by molar-refractivity contribution is 6.06. The summed E-state index contributed by atoms with van der Waals surface area (Å²) in [6.07, 6.45) is 5.08. The number of aryl methyl sites for hydroxylation is 1. The van der Waals surface area contributed by atoms with Crippen LogP contribution in [0.1, 0.15) is 41.4 Å². The Labute approximate surface area is 113 Å². The van der Waals surface area contributed by atoms with E-state index in [0.717, 1.165) is 5.69 Å². The van der Waals surface area contributed by atoms with Gasteiger partial charge in [0, 0.05) is 18.8 Å². The van der Waals surface area contributed by atoms with Crippen LogP contribution in [0.25, 0.3) is 6.08 Å². The molecule has 0 spiro atoms. The van der Waals surface area contributed by atoms with E-state index in [-0.39, 0.29) is 5.78 Å². The summed E-state index contributed by atoms with van der Waals surface area (Å²) in [7, 11) is 1.85. The van der Waals surface area contributed by atoms with Crippen LogP contribution >= 0.6 is 0 Å². The van der Waals surface area contributed by atoms with Crippen LogP contribution in [-0.2, 0) is 7.05 Å². The lowest BCUT2D eigenvalue weighted by Crippen LogP contribution is -1.97. The van der Waals surface area contributed by atoms with Crippen LogP contribution in [-0.4, -0.2) is 15.6 Å². The molecule has 1 aromatic heterocycles. The Bertz CT molecular complexity index is 591. The molecule has 0 atom stereocenters. The highest BCUT2D eigenvalue weighted by Gasteiger charge is 2.04. The highest BCUT2D eigenvalue weighted by atomic mass is 16.1. The maximum Gasteiger partial charge on any atom is 0.185 e. The maximum atomic E-state index is 12.0. The molecule has 2 rings (SSSR count). The van der Waals surface area contributed by atoms with Gasteiger partial charge in [-0.25, -0.2) is 0 Å². The first-order valence-corrected chi connectivity index (χ1v) is 6.38. The van der Waals surface area contributed by atoms with E-state index in [1.807, 2.05) is 37.4 Å². The predicted molar refractivity (Wildman–Crippen MR) is 77.1 cm³/mol. The van der Waals surface area contributed by atoms with Gasteiger partial charge in [0.1, 0.15) is 0 Å². The smallest absolute Gasteiger partial charge is 0.185 e. The molecule has 0 radical (unpaired) electrons. The largest absolute Gasteiger partial charge is 0.289 e. The van der Waals surface area contributed by atoms with Crippen LogP contribution < -0.4 is 0 Å². The fourth-order valence-corrected chi connectivity index (χ4v) is 1.84. The Kier molecular flexibility index (Phi) is 3.95. The summed E-state index contributed by atoms with van der Waals surface area (Å²) in [4.78, 5) is 12.0. The normalized spacial score (nSPS) is 11.4. The number of ketones is 1. The molecule has 1 aromatic carbocycles. The van der Waals surface area contributed by atoms with Gasteiger partial charge in [-0.2, -0.15) is 5.10 Å². The van der Waals surface area contributed by atoms with Crippen molar-refractivity contribution in [1.82, 2.24) is 9.78 Å². The topological polar surface area (TPSA) is 34.9 Å². The highest BCUT2D eigenvalue weighted by Crippen LogP contribution is 2.15. The fourth-order valence-electron chi connectivity index (χ4n) is 1.84. The average molecular weight is 254 g/mol. The molecule has 0 unspecified atom stereocenters. The van der Waals surface area contributed by atoms with Crippen molar-refractivity contribution < 1.29 is 4.79 Å². The molecule has 0 amide bonds. The summed E-state index contributed by atoms with van der Waals surface area (Å²) in [5, 5.41) is 4.05. The molecule has 3 heteroatoms. The maximum absolute atomic E-state index is 12.0. The van der Waals surface area contributed by atoms with Gasteiger partial charge in [0.2, 0.25) is 0 Å². The molecule has 0 N–H and O–H groups in total. The monoisotopic (exact) mass is 254 g/mol. The molecule has 0 saturated carbocycles. The van der Waals surface area contributed by atoms with Crippen molar-refractivity contribution in [1.29, 1.82) is 0 Å². The number of carbonyl (C=O) groups excluding carboxylic acids is 1. The summed E-state index contributed by atoms with van der Waals surface area (Å²) >= 11 is 0. The Hall–Kier alpha value is -2.16. The molecule has 98 valence electrons. The van der Waals surface area contributed by atoms with Crippen LogP contribution in [0.4, 0.5) is 0 Å². The summed E-state index contributed by atoms with van der Waals surface area (Å²) in [5.74, 6) is 0.491. The van der Waals surface area contributed by atoms with E-state index in [4.69, 9.17) is 0 Å². The Morgan fingerprint density at radius 3 is 2.42 bits per heavy atom. The minimum absolute atomic E-state index is 0.0107. The lowest BCUT2D eigenvalue weighted by atomic mass is 10.0. The van der Waals surface area contributed by atoms with Crippen molar-refractivity contribution in [3.05, 3.63) is 59.4 Å². The molecule has 0 aliphatic heterocycles. The van der Waals surface area contributed by atoms with Gasteiger partial charge in [-0.15, -0.1) is 0 Å². The number of rotatable bonds is 4. The van der Waals surface area contributed by atoms with Crippen LogP contribution in [0, 0.1) is 0 Å². The average Bonchev–Trinajstić information content (AvgIpc) is 2.81. The molecular formula is C16H18N2O. The zero-order valence-corrected chi connectivity index (χ0v) is 11.5. The Morgan fingerprint density at radius 2 is 1.89 bits per heavy atom. The second-order valence-electron chi connectivity index (χ2n) is 4.85. The molecule has 0 fully saturated rings. The number of hydrogen-bond acceptors (Lipinski definition) is 2. The first kappa shape index (κ1) is 13.3. The van der Waals surface area contributed by atoms with E-state index in [1.165, 1.54) is 5.56 Å². The quantitative estimate of drug-likeness (QED) is 0.619. The number of benzene rings is 1. The van der Waals surface area contributed by atoms with Crippen LogP contribution in [0.5, 0.6) is 0 Å². The SMILES string of the molecule is CC(C)c1ccc(C(=O)/C=C/c2ccnn2C)cc1. The van der Waals surface area contributed by atoms with Gasteiger partial charge in [-0.3, -0.25) is 9.48 Å². The number of hydrogen-bond donors (Lipinski definition) is 0. The molecule has 0 aliphatic carbocycles. The van der Waals surface area contributed by atoms with E-state index in [2.05, 4.69) is 18.9 Å². The van der Waals surface area contributed by atoms with E-state index in [1.54, 1.807) is 23.0 Å². The third kappa shape index (κ3) is 3.19. The molecule has 0 bridgehead atoms. The second-order valence-corrected chi connectivity index (χ2v) is 4.85. The predicted octanol–water partition coefficient (Wildman–Crippen LogP) is 3.44. The van der Waals surface area contributed by atoms with E-state index < -0.39 is 0 Å². The van der Waals surface area contributed by atoms with Crippen molar-refractivity contribution in [2.45, 2.75) is 19.8 Å². The summed E-state index contributed by atoms with van der Waals surface area (Å²) in [6, 6.07) is 9.65. The Balaban J connectivity index is 2.12. The number of carbonyl (C=O) groups is 1. The summed E-state index contributed by atoms with van der Waals surface area (Å²) in [6.45, 7) is 4.28. The molecule has 3 nitrogen and oxygen atoms in total. The summed E-state index contributed by atoms with van der Waals surface area (Å²) in [5.41, 5.74) is 2.86. The van der Waals surface area contributed by atoms with E-state index in [9.17, 15) is 4.79 Å². The van der Waals surface area contributed by atoms with Crippen LogP contribution in [0.15, 0.2) is 42.6 Å². The van der Waals surface area contributed by atoms with Crippen molar-refractivity contribution in [3.63, 3.8) is 0 Å². The zero-order valence-electron chi connectivity index (χ0n) is 11.5. The minimum Gasteiger partial charge on any atom is -0.289 e. The second kappa shape index (κ2) is 5.65. The Morgan fingerprint density at radius 1 is 1.21 bits per heavy atom. The molecule has 19 heavy (non-hydrogen) atoms. The molecular weight excluding hydrogens is 236 g/mol. The third-order valence-electron chi connectivity index (χ3n) is 3.13. The minimum atomic E-state index is 0.0107. The number of allylic oxidation sites excluding steroid dienone is 1. The van der Waals surface area contributed by atoms with Gasteiger partial charge in [-0.1, -0.05) is 38.1 Å². The van der Waals surface area contributed by atoms with Gasteiger partial charge in [0.25, 0.3) is 0 Å². The van der Waals surface area contributed by atoms with Gasteiger partial charge < -0.3 is 0 Å². The van der Waals surface area contributed by atoms with Gasteiger partial charge >= 0.3 is 0 Å².